The molecule has 1 aromatic heterocycles. The second-order valence-corrected chi connectivity index (χ2v) is 10.3. The second-order valence-electron chi connectivity index (χ2n) is 10.3. The molecule has 2 amide bonds. The molecule has 0 N–H and O–H groups in total. The van der Waals surface area contributed by atoms with Gasteiger partial charge in [0.2, 0.25) is 5.91 Å². The van der Waals surface area contributed by atoms with Gasteiger partial charge >= 0.3 is 6.09 Å². The first-order chi connectivity index (χ1) is 20.5. The third-order valence-electron chi connectivity index (χ3n) is 7.75. The summed E-state index contributed by atoms with van der Waals surface area (Å²) >= 11 is 0. The van der Waals surface area contributed by atoms with Gasteiger partial charge in [-0.2, -0.15) is 0 Å². The van der Waals surface area contributed by atoms with E-state index in [0.717, 1.165) is 27.8 Å². The number of hydrogen-bond acceptors (Lipinski definition) is 5. The van der Waals surface area contributed by atoms with Gasteiger partial charge in [-0.15, -0.1) is 0 Å². The number of hydrogen-bond donors (Lipinski definition) is 0. The predicted octanol–water partition coefficient (Wildman–Crippen LogP) is 6.97. The van der Waals surface area contributed by atoms with E-state index in [1.807, 2.05) is 84.9 Å². The van der Waals surface area contributed by atoms with Gasteiger partial charge in [0.1, 0.15) is 18.2 Å². The molecule has 4 aromatic carbocycles. The number of rotatable bonds is 8. The van der Waals surface area contributed by atoms with E-state index in [9.17, 15) is 14.0 Å². The van der Waals surface area contributed by atoms with Crippen LogP contribution in [0.5, 0.6) is 5.75 Å². The molecule has 1 fully saturated rings. The van der Waals surface area contributed by atoms with Gasteiger partial charge in [-0.05, 0) is 71.0 Å². The molecule has 0 spiro atoms. The number of methoxy groups -OCH3 is 1. The number of aromatic nitrogens is 1. The molecule has 1 aliphatic rings. The van der Waals surface area contributed by atoms with Crippen molar-refractivity contribution in [3.8, 4) is 16.9 Å². The van der Waals surface area contributed by atoms with Gasteiger partial charge in [0.15, 0.2) is 0 Å². The molecule has 0 bridgehead atoms. The standard InChI is InChI=1S/C35H29FN2O4/c1-41-33-10-6-5-9-26(33)20-30(34(39)38-28(22-42-35(38)40)19-23-7-3-2-4-8-23)25-13-11-24(12-14-25)29-17-18-37-32-16-15-27(36)21-31(29)32/h2-18,21,28,30H,19-20,22H2,1H3. The largest absolute Gasteiger partial charge is 0.496 e. The Kier molecular flexibility index (Phi) is 7.64. The van der Waals surface area contributed by atoms with E-state index in [2.05, 4.69) is 4.98 Å². The van der Waals surface area contributed by atoms with Gasteiger partial charge in [0, 0.05) is 11.6 Å². The predicted molar refractivity (Wildman–Crippen MR) is 159 cm³/mol. The molecule has 1 aliphatic heterocycles. The lowest BCUT2D eigenvalue weighted by atomic mass is 9.88. The molecule has 6 rings (SSSR count). The number of carbonyl (C=O) groups is 2. The van der Waals surface area contributed by atoms with E-state index in [1.165, 1.54) is 17.0 Å². The lowest BCUT2D eigenvalue weighted by Gasteiger charge is -2.26. The number of fused-ring (bicyclic) bond motifs is 1. The van der Waals surface area contributed by atoms with Crippen LogP contribution in [-0.4, -0.2) is 41.6 Å². The van der Waals surface area contributed by atoms with Crippen LogP contribution in [0.15, 0.2) is 109 Å². The average Bonchev–Trinajstić information content (AvgIpc) is 3.39. The van der Waals surface area contributed by atoms with Gasteiger partial charge in [-0.3, -0.25) is 9.78 Å². The number of cyclic esters (lactones) is 1. The van der Waals surface area contributed by atoms with Crippen LogP contribution in [0, 0.1) is 5.82 Å². The van der Waals surface area contributed by atoms with Crippen molar-refractivity contribution in [2.75, 3.05) is 13.7 Å². The Labute approximate surface area is 243 Å². The molecule has 6 nitrogen and oxygen atoms in total. The zero-order valence-electron chi connectivity index (χ0n) is 23.1. The van der Waals surface area contributed by atoms with Crippen molar-refractivity contribution in [3.05, 3.63) is 132 Å². The maximum Gasteiger partial charge on any atom is 0.417 e. The molecule has 5 aromatic rings. The van der Waals surface area contributed by atoms with Crippen molar-refractivity contribution in [3.63, 3.8) is 0 Å². The molecular weight excluding hydrogens is 531 g/mol. The maximum absolute atomic E-state index is 14.3. The lowest BCUT2D eigenvalue weighted by molar-refractivity contribution is -0.130. The van der Waals surface area contributed by atoms with Crippen molar-refractivity contribution < 1.29 is 23.5 Å². The maximum atomic E-state index is 14.3. The SMILES string of the molecule is COc1ccccc1CC(C(=O)N1C(=O)OCC1Cc1ccccc1)c1ccc(-c2ccnc3ccc(F)cc23)cc1. The molecule has 0 aliphatic carbocycles. The summed E-state index contributed by atoms with van der Waals surface area (Å²) in [6, 6.07) is 30.9. The number of pyridine rings is 1. The normalized spacial score (nSPS) is 15.4. The minimum atomic E-state index is -0.675. The molecule has 42 heavy (non-hydrogen) atoms. The van der Waals surface area contributed by atoms with Crippen LogP contribution in [0.2, 0.25) is 0 Å². The Morgan fingerprint density at radius 3 is 2.55 bits per heavy atom. The van der Waals surface area contributed by atoms with E-state index >= 15 is 0 Å². The highest BCUT2D eigenvalue weighted by Crippen LogP contribution is 2.33. The first-order valence-corrected chi connectivity index (χ1v) is 13.8. The summed E-state index contributed by atoms with van der Waals surface area (Å²) in [5.74, 6) is -0.667. The van der Waals surface area contributed by atoms with Crippen LogP contribution in [0.25, 0.3) is 22.0 Å². The first kappa shape index (κ1) is 27.1. The molecule has 0 radical (unpaired) electrons. The van der Waals surface area contributed by atoms with Crippen LogP contribution in [-0.2, 0) is 22.4 Å². The molecular formula is C35H29FN2O4. The van der Waals surface area contributed by atoms with Crippen molar-refractivity contribution in [1.29, 1.82) is 0 Å². The number of imide groups is 1. The Balaban J connectivity index is 1.36. The third-order valence-corrected chi connectivity index (χ3v) is 7.75. The minimum absolute atomic E-state index is 0.144. The number of carbonyl (C=O) groups excluding carboxylic acids is 2. The lowest BCUT2D eigenvalue weighted by Crippen LogP contribution is -2.43. The van der Waals surface area contributed by atoms with E-state index in [-0.39, 0.29) is 18.3 Å². The number of para-hydroxylation sites is 1. The van der Waals surface area contributed by atoms with Gasteiger partial charge in [-0.25, -0.2) is 14.1 Å². The quantitative estimate of drug-likeness (QED) is 0.205. The van der Waals surface area contributed by atoms with Gasteiger partial charge < -0.3 is 9.47 Å². The van der Waals surface area contributed by atoms with Crippen LogP contribution in [0.1, 0.15) is 22.6 Å². The van der Waals surface area contributed by atoms with Crippen LogP contribution >= 0.6 is 0 Å². The average molecular weight is 561 g/mol. The summed E-state index contributed by atoms with van der Waals surface area (Å²) in [6.07, 6.45) is 1.90. The highest BCUT2D eigenvalue weighted by Gasteiger charge is 2.41. The zero-order valence-corrected chi connectivity index (χ0v) is 23.1. The van der Waals surface area contributed by atoms with E-state index in [4.69, 9.17) is 9.47 Å². The Morgan fingerprint density at radius 2 is 1.76 bits per heavy atom. The summed E-state index contributed by atoms with van der Waals surface area (Å²) in [5, 5.41) is 0.704. The van der Waals surface area contributed by atoms with Crippen LogP contribution in [0.4, 0.5) is 9.18 Å². The topological polar surface area (TPSA) is 68.7 Å². The van der Waals surface area contributed by atoms with Crippen molar-refractivity contribution in [2.24, 2.45) is 0 Å². The highest BCUT2D eigenvalue weighted by molar-refractivity contribution is 5.98. The van der Waals surface area contributed by atoms with Gasteiger partial charge in [0.05, 0.1) is 24.6 Å². The first-order valence-electron chi connectivity index (χ1n) is 13.8. The number of halogens is 1. The van der Waals surface area contributed by atoms with Crippen molar-refractivity contribution in [1.82, 2.24) is 9.88 Å². The van der Waals surface area contributed by atoms with E-state index < -0.39 is 18.1 Å². The molecule has 2 heterocycles. The fourth-order valence-electron chi connectivity index (χ4n) is 5.64. The molecule has 7 heteroatoms. The molecule has 2 atom stereocenters. The molecule has 0 saturated carbocycles. The Morgan fingerprint density at radius 1 is 1.00 bits per heavy atom. The number of nitrogens with zero attached hydrogens (tertiary/aromatic N) is 2. The van der Waals surface area contributed by atoms with Crippen molar-refractivity contribution >= 4 is 22.9 Å². The summed E-state index contributed by atoms with van der Waals surface area (Å²) in [7, 11) is 1.60. The van der Waals surface area contributed by atoms with Crippen LogP contribution in [0.3, 0.4) is 0 Å². The molecule has 210 valence electrons. The smallest absolute Gasteiger partial charge is 0.417 e. The van der Waals surface area contributed by atoms with E-state index in [0.29, 0.717) is 29.5 Å². The highest BCUT2D eigenvalue weighted by atomic mass is 19.1. The van der Waals surface area contributed by atoms with Crippen LogP contribution < -0.4 is 4.74 Å². The Hall–Kier alpha value is -5.04. The number of amides is 2. The zero-order chi connectivity index (χ0) is 29.1. The molecule has 1 saturated heterocycles. The van der Waals surface area contributed by atoms with Gasteiger partial charge in [0.25, 0.3) is 0 Å². The summed E-state index contributed by atoms with van der Waals surface area (Å²) in [6.45, 7) is 0.144. The summed E-state index contributed by atoms with van der Waals surface area (Å²) in [5.41, 5.74) is 5.01. The van der Waals surface area contributed by atoms with Crippen molar-refractivity contribution in [2.45, 2.75) is 24.8 Å². The van der Waals surface area contributed by atoms with Gasteiger partial charge in [-0.1, -0.05) is 72.8 Å². The van der Waals surface area contributed by atoms with E-state index in [1.54, 1.807) is 19.4 Å². The summed E-state index contributed by atoms with van der Waals surface area (Å²) < 4.78 is 25.1. The summed E-state index contributed by atoms with van der Waals surface area (Å²) in [4.78, 5) is 32.8. The molecule has 2 unspecified atom stereocenters. The Bertz CT molecular complexity index is 1740. The third kappa shape index (κ3) is 5.46. The minimum Gasteiger partial charge on any atom is -0.496 e. The second kappa shape index (κ2) is 11.8. The fraction of sp³-hybridized carbons (Fsp3) is 0.171. The number of ether oxygens (including phenoxy) is 2. The monoisotopic (exact) mass is 560 g/mol. The fourth-order valence-corrected chi connectivity index (χ4v) is 5.64. The number of benzene rings is 4.